The van der Waals surface area contributed by atoms with E-state index in [0.29, 0.717) is 11.7 Å². The zero-order valence-electron chi connectivity index (χ0n) is 8.23. The molecular weight excluding hydrogens is 198 g/mol. The molecule has 1 saturated carbocycles. The molecule has 2 rings (SSSR count). The van der Waals surface area contributed by atoms with Crippen LogP contribution in [0.25, 0.3) is 0 Å². The molecule has 1 aliphatic carbocycles. The van der Waals surface area contributed by atoms with E-state index in [2.05, 4.69) is 0 Å². The number of halogens is 1. The van der Waals surface area contributed by atoms with Crippen LogP contribution in [-0.4, -0.2) is 5.11 Å². The number of phenolic OH excluding ortho intramolecular Hbond substituents is 1. The van der Waals surface area contributed by atoms with Crippen molar-refractivity contribution < 1.29 is 5.11 Å². The summed E-state index contributed by atoms with van der Waals surface area (Å²) < 4.78 is 0. The van der Waals surface area contributed by atoms with Gasteiger partial charge in [0.2, 0.25) is 0 Å². The van der Waals surface area contributed by atoms with Crippen LogP contribution in [0.3, 0.4) is 0 Å². The molecule has 1 fully saturated rings. The number of aromatic hydroxyl groups is 1. The quantitative estimate of drug-likeness (QED) is 0.793. The second-order valence-corrected chi connectivity index (χ2v) is 3.93. The first kappa shape index (κ1) is 11.3. The number of rotatable bonds is 2. The number of phenols is 1. The Morgan fingerprint density at radius 1 is 1.43 bits per heavy atom. The molecule has 1 aliphatic rings. The Morgan fingerprint density at radius 2 is 2.07 bits per heavy atom. The second-order valence-electron chi connectivity index (χ2n) is 3.93. The molecule has 0 saturated heterocycles. The van der Waals surface area contributed by atoms with Crippen molar-refractivity contribution >= 4 is 12.4 Å². The van der Waals surface area contributed by atoms with Gasteiger partial charge in [-0.25, -0.2) is 0 Å². The lowest BCUT2D eigenvalue weighted by Gasteiger charge is -2.12. The van der Waals surface area contributed by atoms with Crippen molar-refractivity contribution in [1.82, 2.24) is 0 Å². The average molecular weight is 214 g/mol. The van der Waals surface area contributed by atoms with Crippen molar-refractivity contribution in [3.05, 3.63) is 29.3 Å². The Bertz CT molecular complexity index is 323. The minimum absolute atomic E-state index is 0. The van der Waals surface area contributed by atoms with E-state index in [1.807, 2.05) is 19.1 Å². The van der Waals surface area contributed by atoms with Crippen LogP contribution in [0, 0.1) is 12.8 Å². The minimum Gasteiger partial charge on any atom is -0.508 e. The lowest BCUT2D eigenvalue weighted by Crippen LogP contribution is -2.12. The molecule has 78 valence electrons. The molecule has 3 heteroatoms. The molecular formula is C11H16ClNO. The van der Waals surface area contributed by atoms with Crippen molar-refractivity contribution in [1.29, 1.82) is 0 Å². The minimum atomic E-state index is 0. The van der Waals surface area contributed by atoms with Gasteiger partial charge >= 0.3 is 0 Å². The van der Waals surface area contributed by atoms with Crippen LogP contribution >= 0.6 is 12.4 Å². The summed E-state index contributed by atoms with van der Waals surface area (Å²) in [5, 5.41) is 9.66. The zero-order valence-corrected chi connectivity index (χ0v) is 9.05. The average Bonchev–Trinajstić information content (AvgIpc) is 2.85. The molecule has 2 nitrogen and oxygen atoms in total. The Labute approximate surface area is 90.5 Å². The fourth-order valence-electron chi connectivity index (χ4n) is 1.64. The van der Waals surface area contributed by atoms with Gasteiger partial charge in [0.15, 0.2) is 0 Å². The monoisotopic (exact) mass is 213 g/mol. The molecule has 0 aliphatic heterocycles. The summed E-state index contributed by atoms with van der Waals surface area (Å²) in [6.07, 6.45) is 2.41. The molecule has 1 aromatic rings. The Kier molecular flexibility index (Phi) is 3.40. The maximum absolute atomic E-state index is 9.66. The van der Waals surface area contributed by atoms with Crippen LogP contribution in [0.2, 0.25) is 0 Å². The molecule has 0 unspecified atom stereocenters. The number of hydrogen-bond acceptors (Lipinski definition) is 2. The van der Waals surface area contributed by atoms with Gasteiger partial charge in [-0.3, -0.25) is 0 Å². The number of hydrogen-bond donors (Lipinski definition) is 2. The predicted octanol–water partition coefficient (Wildman–Crippen LogP) is 2.53. The Morgan fingerprint density at radius 3 is 2.57 bits per heavy atom. The van der Waals surface area contributed by atoms with Gasteiger partial charge in [-0.1, -0.05) is 12.1 Å². The highest BCUT2D eigenvalue weighted by atomic mass is 35.5. The molecule has 1 aromatic carbocycles. The SMILES string of the molecule is Cc1ccc([C@H](N)C2CC2)c(O)c1.Cl. The third kappa shape index (κ3) is 2.20. The molecule has 0 heterocycles. The van der Waals surface area contributed by atoms with Gasteiger partial charge < -0.3 is 10.8 Å². The summed E-state index contributed by atoms with van der Waals surface area (Å²) in [5.41, 5.74) is 7.96. The molecule has 0 spiro atoms. The van der Waals surface area contributed by atoms with Gasteiger partial charge in [0.1, 0.15) is 5.75 Å². The smallest absolute Gasteiger partial charge is 0.120 e. The predicted molar refractivity (Wildman–Crippen MR) is 59.7 cm³/mol. The molecule has 0 radical (unpaired) electrons. The van der Waals surface area contributed by atoms with Crippen LogP contribution in [-0.2, 0) is 0 Å². The zero-order chi connectivity index (χ0) is 9.42. The van der Waals surface area contributed by atoms with Gasteiger partial charge in [0, 0.05) is 11.6 Å². The summed E-state index contributed by atoms with van der Waals surface area (Å²) in [7, 11) is 0. The topological polar surface area (TPSA) is 46.2 Å². The summed E-state index contributed by atoms with van der Waals surface area (Å²) in [5.74, 6) is 0.938. The summed E-state index contributed by atoms with van der Waals surface area (Å²) in [6, 6.07) is 5.74. The van der Waals surface area contributed by atoms with E-state index < -0.39 is 0 Å². The van der Waals surface area contributed by atoms with E-state index in [9.17, 15) is 5.11 Å². The summed E-state index contributed by atoms with van der Waals surface area (Å²) >= 11 is 0. The van der Waals surface area contributed by atoms with Crippen LogP contribution < -0.4 is 5.73 Å². The molecule has 3 N–H and O–H groups in total. The lowest BCUT2D eigenvalue weighted by atomic mass is 10.0. The van der Waals surface area contributed by atoms with Gasteiger partial charge in [-0.05, 0) is 37.3 Å². The highest BCUT2D eigenvalue weighted by Crippen LogP contribution is 2.41. The van der Waals surface area contributed by atoms with Gasteiger partial charge in [0.05, 0.1) is 0 Å². The second kappa shape index (κ2) is 4.20. The number of nitrogens with two attached hydrogens (primary N) is 1. The summed E-state index contributed by atoms with van der Waals surface area (Å²) in [6.45, 7) is 1.96. The molecule has 0 amide bonds. The van der Waals surface area contributed by atoms with E-state index in [4.69, 9.17) is 5.73 Å². The van der Waals surface area contributed by atoms with E-state index in [1.165, 1.54) is 12.8 Å². The first-order chi connectivity index (χ1) is 6.18. The summed E-state index contributed by atoms with van der Waals surface area (Å²) in [4.78, 5) is 0. The maximum Gasteiger partial charge on any atom is 0.120 e. The van der Waals surface area contributed by atoms with Gasteiger partial charge in [0.25, 0.3) is 0 Å². The highest BCUT2D eigenvalue weighted by Gasteiger charge is 2.30. The van der Waals surface area contributed by atoms with E-state index in [0.717, 1.165) is 11.1 Å². The maximum atomic E-state index is 9.66. The number of benzene rings is 1. The van der Waals surface area contributed by atoms with E-state index in [1.54, 1.807) is 6.07 Å². The first-order valence-electron chi connectivity index (χ1n) is 4.73. The number of aryl methyl sites for hydroxylation is 1. The molecule has 1 atom stereocenters. The third-order valence-electron chi connectivity index (χ3n) is 2.67. The lowest BCUT2D eigenvalue weighted by molar-refractivity contribution is 0.456. The van der Waals surface area contributed by atoms with Crippen molar-refractivity contribution in [2.24, 2.45) is 11.7 Å². The van der Waals surface area contributed by atoms with E-state index >= 15 is 0 Å². The normalized spacial score (nSPS) is 17.3. The fourth-order valence-corrected chi connectivity index (χ4v) is 1.64. The van der Waals surface area contributed by atoms with Crippen LogP contribution in [0.1, 0.15) is 30.0 Å². The van der Waals surface area contributed by atoms with Crippen molar-refractivity contribution in [3.63, 3.8) is 0 Å². The standard InChI is InChI=1S/C11H15NO.ClH/c1-7-2-5-9(10(13)6-7)11(12)8-3-4-8;/h2,5-6,8,11,13H,3-4,12H2,1H3;1H/t11-;/m1./s1. The van der Waals surface area contributed by atoms with Crippen molar-refractivity contribution in [2.75, 3.05) is 0 Å². The van der Waals surface area contributed by atoms with Gasteiger partial charge in [-0.15, -0.1) is 12.4 Å². The molecule has 0 bridgehead atoms. The van der Waals surface area contributed by atoms with Crippen molar-refractivity contribution in [3.8, 4) is 5.75 Å². The fraction of sp³-hybridized carbons (Fsp3) is 0.455. The largest absolute Gasteiger partial charge is 0.508 e. The molecule has 14 heavy (non-hydrogen) atoms. The van der Waals surface area contributed by atoms with E-state index in [-0.39, 0.29) is 18.4 Å². The van der Waals surface area contributed by atoms with Crippen LogP contribution in [0.4, 0.5) is 0 Å². The van der Waals surface area contributed by atoms with Crippen molar-refractivity contribution in [2.45, 2.75) is 25.8 Å². The van der Waals surface area contributed by atoms with Crippen LogP contribution in [0.5, 0.6) is 5.75 Å². The Hall–Kier alpha value is -0.730. The highest BCUT2D eigenvalue weighted by molar-refractivity contribution is 5.85. The van der Waals surface area contributed by atoms with Gasteiger partial charge in [-0.2, -0.15) is 0 Å². The molecule has 0 aromatic heterocycles. The first-order valence-corrected chi connectivity index (χ1v) is 4.73. The third-order valence-corrected chi connectivity index (χ3v) is 2.67. The Balaban J connectivity index is 0.000000980. The van der Waals surface area contributed by atoms with Crippen LogP contribution in [0.15, 0.2) is 18.2 Å².